The predicted molar refractivity (Wildman–Crippen MR) is 86.3 cm³/mol. The van der Waals surface area contributed by atoms with Crippen molar-refractivity contribution in [2.24, 2.45) is 0 Å². The van der Waals surface area contributed by atoms with Gasteiger partial charge in [-0.15, -0.1) is 0 Å². The van der Waals surface area contributed by atoms with Crippen LogP contribution in [0.5, 0.6) is 11.5 Å². The van der Waals surface area contributed by atoms with Crippen molar-refractivity contribution in [1.82, 2.24) is 5.32 Å². The molecule has 0 heterocycles. The first-order valence-corrected chi connectivity index (χ1v) is 8.14. The molecule has 0 aromatic heterocycles. The Labute approximate surface area is 132 Å². The monoisotopic (exact) mass is 393 g/mol. The summed E-state index contributed by atoms with van der Waals surface area (Å²) in [5.41, 5.74) is 0. The van der Waals surface area contributed by atoms with Crippen LogP contribution in [0.2, 0.25) is 0 Å². The summed E-state index contributed by atoms with van der Waals surface area (Å²) in [6, 6.07) is 3.83. The molecule has 0 fully saturated rings. The van der Waals surface area contributed by atoms with E-state index in [0.29, 0.717) is 0 Å². The van der Waals surface area contributed by atoms with Crippen LogP contribution in [0.1, 0.15) is 26.2 Å². The second kappa shape index (κ2) is 9.61. The van der Waals surface area contributed by atoms with Crippen molar-refractivity contribution in [2.75, 3.05) is 26.8 Å². The molecular weight excluding hydrogens is 374 g/mol. The highest BCUT2D eigenvalue weighted by Crippen LogP contribution is 2.35. The molecule has 0 aliphatic heterocycles. The van der Waals surface area contributed by atoms with Crippen LogP contribution in [0.3, 0.4) is 0 Å². The number of nitrogens with one attached hydrogen (secondary N) is 1. The summed E-state index contributed by atoms with van der Waals surface area (Å²) >= 11 is 6.94. The lowest BCUT2D eigenvalue weighted by molar-refractivity contribution is 0.303. The third-order valence-corrected chi connectivity index (χ3v) is 3.88. The molecule has 3 nitrogen and oxygen atoms in total. The fraction of sp³-hybridized carbons (Fsp3) is 0.571. The van der Waals surface area contributed by atoms with Crippen molar-refractivity contribution >= 4 is 31.9 Å². The van der Waals surface area contributed by atoms with Gasteiger partial charge in [-0.2, -0.15) is 0 Å². The molecule has 19 heavy (non-hydrogen) atoms. The lowest BCUT2D eigenvalue weighted by Gasteiger charge is -2.11. The largest absolute Gasteiger partial charge is 0.496 e. The quantitative estimate of drug-likeness (QED) is 0.630. The molecule has 0 aliphatic rings. The van der Waals surface area contributed by atoms with Gasteiger partial charge in [-0.05, 0) is 76.3 Å². The maximum Gasteiger partial charge on any atom is 0.134 e. The average Bonchev–Trinajstić information content (AvgIpc) is 2.41. The van der Waals surface area contributed by atoms with Gasteiger partial charge < -0.3 is 14.8 Å². The molecule has 0 spiro atoms. The summed E-state index contributed by atoms with van der Waals surface area (Å²) in [5, 5.41) is 3.38. The van der Waals surface area contributed by atoms with Crippen molar-refractivity contribution in [2.45, 2.75) is 26.2 Å². The standard InChI is InChI=1S/C14H21Br2NO2/c1-3-6-17-7-4-5-8-19-14-10-11(15)13(18-2)9-12(14)16/h9-10,17H,3-8H2,1-2H3. The van der Waals surface area contributed by atoms with E-state index in [1.807, 2.05) is 12.1 Å². The Hall–Kier alpha value is -0.260. The topological polar surface area (TPSA) is 30.5 Å². The molecule has 1 aromatic carbocycles. The van der Waals surface area contributed by atoms with Crippen LogP contribution in [0.25, 0.3) is 0 Å². The van der Waals surface area contributed by atoms with Crippen molar-refractivity contribution in [3.8, 4) is 11.5 Å². The number of methoxy groups -OCH3 is 1. The zero-order valence-corrected chi connectivity index (χ0v) is 14.6. The van der Waals surface area contributed by atoms with Gasteiger partial charge in [-0.1, -0.05) is 6.92 Å². The summed E-state index contributed by atoms with van der Waals surface area (Å²) in [6.07, 6.45) is 3.37. The van der Waals surface area contributed by atoms with Crippen LogP contribution >= 0.6 is 31.9 Å². The van der Waals surface area contributed by atoms with E-state index in [1.54, 1.807) is 7.11 Å². The van der Waals surface area contributed by atoms with E-state index in [-0.39, 0.29) is 0 Å². The Bertz CT molecular complexity index is 386. The van der Waals surface area contributed by atoms with E-state index < -0.39 is 0 Å². The minimum atomic E-state index is 0.727. The maximum absolute atomic E-state index is 5.76. The predicted octanol–water partition coefficient (Wildman–Crippen LogP) is 4.38. The second-order valence-electron chi connectivity index (χ2n) is 4.22. The van der Waals surface area contributed by atoms with E-state index in [9.17, 15) is 0 Å². The fourth-order valence-electron chi connectivity index (χ4n) is 1.61. The number of rotatable bonds is 9. The highest BCUT2D eigenvalue weighted by molar-refractivity contribution is 9.11. The van der Waals surface area contributed by atoms with Crippen LogP contribution in [0.4, 0.5) is 0 Å². The normalized spacial score (nSPS) is 10.5. The van der Waals surface area contributed by atoms with E-state index in [4.69, 9.17) is 9.47 Å². The Morgan fingerprint density at radius 1 is 1.05 bits per heavy atom. The number of hydrogen-bond donors (Lipinski definition) is 1. The van der Waals surface area contributed by atoms with E-state index in [1.165, 1.54) is 6.42 Å². The Balaban J connectivity index is 2.31. The molecule has 0 unspecified atom stereocenters. The molecule has 1 N–H and O–H groups in total. The summed E-state index contributed by atoms with van der Waals surface area (Å²) in [4.78, 5) is 0. The number of hydrogen-bond acceptors (Lipinski definition) is 3. The molecule has 1 rings (SSSR count). The van der Waals surface area contributed by atoms with Crippen LogP contribution in [0, 0.1) is 0 Å². The van der Waals surface area contributed by atoms with Crippen LogP contribution < -0.4 is 14.8 Å². The van der Waals surface area contributed by atoms with Gasteiger partial charge in [0, 0.05) is 0 Å². The second-order valence-corrected chi connectivity index (χ2v) is 5.93. The lowest BCUT2D eigenvalue weighted by Crippen LogP contribution is -2.16. The van der Waals surface area contributed by atoms with Gasteiger partial charge in [0.15, 0.2) is 0 Å². The summed E-state index contributed by atoms with van der Waals surface area (Å²) < 4.78 is 12.8. The van der Waals surface area contributed by atoms with Crippen LogP contribution in [0.15, 0.2) is 21.1 Å². The Morgan fingerprint density at radius 2 is 1.74 bits per heavy atom. The fourth-order valence-corrected chi connectivity index (χ4v) is 2.53. The summed E-state index contributed by atoms with van der Waals surface area (Å²) in [6.45, 7) is 5.06. The van der Waals surface area contributed by atoms with Crippen molar-refractivity contribution in [1.29, 1.82) is 0 Å². The minimum Gasteiger partial charge on any atom is -0.496 e. The molecule has 0 amide bonds. The molecule has 108 valence electrons. The van der Waals surface area contributed by atoms with E-state index in [2.05, 4.69) is 44.1 Å². The first-order chi connectivity index (χ1) is 9.19. The molecule has 0 atom stereocenters. The molecule has 1 aromatic rings. The molecule has 0 saturated carbocycles. The number of halogens is 2. The van der Waals surface area contributed by atoms with E-state index in [0.717, 1.165) is 53.0 Å². The van der Waals surface area contributed by atoms with Crippen molar-refractivity contribution < 1.29 is 9.47 Å². The third kappa shape index (κ3) is 6.15. The summed E-state index contributed by atoms with van der Waals surface area (Å²) in [5.74, 6) is 1.64. The number of unbranched alkanes of at least 4 members (excludes halogenated alkanes) is 1. The first kappa shape index (κ1) is 16.8. The molecule has 0 aliphatic carbocycles. The smallest absolute Gasteiger partial charge is 0.134 e. The minimum absolute atomic E-state index is 0.727. The lowest BCUT2D eigenvalue weighted by atomic mass is 10.3. The Kier molecular flexibility index (Phi) is 8.50. The van der Waals surface area contributed by atoms with E-state index >= 15 is 0 Å². The average molecular weight is 395 g/mol. The highest BCUT2D eigenvalue weighted by atomic mass is 79.9. The van der Waals surface area contributed by atoms with Crippen LogP contribution in [-0.4, -0.2) is 26.8 Å². The highest BCUT2D eigenvalue weighted by Gasteiger charge is 2.07. The maximum atomic E-state index is 5.76. The third-order valence-electron chi connectivity index (χ3n) is 2.64. The van der Waals surface area contributed by atoms with Gasteiger partial charge in [-0.3, -0.25) is 0 Å². The zero-order chi connectivity index (χ0) is 14.1. The Morgan fingerprint density at radius 3 is 2.42 bits per heavy atom. The van der Waals surface area contributed by atoms with Gasteiger partial charge >= 0.3 is 0 Å². The van der Waals surface area contributed by atoms with Gasteiger partial charge in [0.2, 0.25) is 0 Å². The molecule has 0 radical (unpaired) electrons. The van der Waals surface area contributed by atoms with Crippen molar-refractivity contribution in [3.05, 3.63) is 21.1 Å². The van der Waals surface area contributed by atoms with Gasteiger partial charge in [0.25, 0.3) is 0 Å². The zero-order valence-electron chi connectivity index (χ0n) is 11.5. The van der Waals surface area contributed by atoms with Crippen molar-refractivity contribution in [3.63, 3.8) is 0 Å². The number of ether oxygens (including phenoxy) is 2. The first-order valence-electron chi connectivity index (χ1n) is 6.55. The SMILES string of the molecule is CCCNCCCCOc1cc(Br)c(OC)cc1Br. The molecule has 0 bridgehead atoms. The van der Waals surface area contributed by atoms with Gasteiger partial charge in [0.1, 0.15) is 11.5 Å². The molecule has 0 saturated heterocycles. The van der Waals surface area contributed by atoms with Gasteiger partial charge in [0.05, 0.1) is 22.7 Å². The molecular formula is C14H21Br2NO2. The van der Waals surface area contributed by atoms with Crippen LogP contribution in [-0.2, 0) is 0 Å². The summed E-state index contributed by atoms with van der Waals surface area (Å²) in [7, 11) is 1.65. The number of benzene rings is 1. The molecule has 5 heteroatoms. The van der Waals surface area contributed by atoms with Gasteiger partial charge in [-0.25, -0.2) is 0 Å².